The maximum atomic E-state index is 12.3. The molecule has 0 spiro atoms. The predicted molar refractivity (Wildman–Crippen MR) is 104 cm³/mol. The number of benzene rings is 2. The van der Waals surface area contributed by atoms with Gasteiger partial charge < -0.3 is 9.47 Å². The Morgan fingerprint density at radius 2 is 1.38 bits per heavy atom. The van der Waals surface area contributed by atoms with Gasteiger partial charge in [-0.2, -0.15) is 0 Å². The largest absolute Gasteiger partial charge is 0.573 e. The first-order valence-corrected chi connectivity index (χ1v) is 9.05. The highest BCUT2D eigenvalue weighted by molar-refractivity contribution is 5.64. The summed E-state index contributed by atoms with van der Waals surface area (Å²) in [5, 5.41) is 0. The molecule has 7 heteroatoms. The lowest BCUT2D eigenvalue weighted by atomic mass is 9.86. The van der Waals surface area contributed by atoms with Gasteiger partial charge in [0.15, 0.2) is 0 Å². The second-order valence-electron chi connectivity index (χ2n) is 7.43. The smallest absolute Gasteiger partial charge is 0.463 e. The molecule has 0 fully saturated rings. The highest BCUT2D eigenvalue weighted by Crippen LogP contribution is 2.28. The summed E-state index contributed by atoms with van der Waals surface area (Å²) in [5.74, 6) is -0.234. The number of hydrogen-bond acceptors (Lipinski definition) is 4. The first kappa shape index (κ1) is 20.6. The number of rotatable bonds is 7. The standard InChI is InChI=1S/C22H21F3N2O2/c1-21(2,15-28-20-26-12-3-13-27-20)14-16-4-6-17(7-5-16)18-8-10-19(11-9-18)29-22(23,24)25/h3-13H,14-15H2,1-2H3. The van der Waals surface area contributed by atoms with Crippen LogP contribution in [0.4, 0.5) is 13.2 Å². The van der Waals surface area contributed by atoms with Crippen molar-refractivity contribution in [1.82, 2.24) is 9.97 Å². The summed E-state index contributed by atoms with van der Waals surface area (Å²) in [6, 6.07) is 15.8. The first-order chi connectivity index (χ1) is 13.7. The van der Waals surface area contributed by atoms with Crippen LogP contribution in [0.2, 0.25) is 0 Å². The van der Waals surface area contributed by atoms with E-state index in [1.165, 1.54) is 12.1 Å². The van der Waals surface area contributed by atoms with E-state index in [2.05, 4.69) is 28.6 Å². The molecule has 1 aromatic heterocycles. The van der Waals surface area contributed by atoms with Gasteiger partial charge in [-0.05, 0) is 41.3 Å². The highest BCUT2D eigenvalue weighted by atomic mass is 19.4. The Balaban J connectivity index is 1.60. The van der Waals surface area contributed by atoms with Crippen molar-refractivity contribution in [2.24, 2.45) is 5.41 Å². The fourth-order valence-electron chi connectivity index (χ4n) is 2.89. The van der Waals surface area contributed by atoms with Crippen LogP contribution in [0.3, 0.4) is 0 Å². The van der Waals surface area contributed by atoms with Crippen LogP contribution in [0.1, 0.15) is 19.4 Å². The van der Waals surface area contributed by atoms with Crippen molar-refractivity contribution in [2.75, 3.05) is 6.61 Å². The third-order valence-electron chi connectivity index (χ3n) is 4.19. The van der Waals surface area contributed by atoms with Gasteiger partial charge in [0, 0.05) is 17.8 Å². The molecule has 3 rings (SSSR count). The molecule has 1 heterocycles. The fraction of sp³-hybridized carbons (Fsp3) is 0.273. The zero-order valence-corrected chi connectivity index (χ0v) is 16.1. The van der Waals surface area contributed by atoms with Crippen LogP contribution in [0, 0.1) is 5.41 Å². The van der Waals surface area contributed by atoms with E-state index in [4.69, 9.17) is 4.74 Å². The molecule has 0 amide bonds. The average Bonchev–Trinajstić information content (AvgIpc) is 2.67. The van der Waals surface area contributed by atoms with Crippen molar-refractivity contribution in [3.8, 4) is 22.9 Å². The lowest BCUT2D eigenvalue weighted by Gasteiger charge is -2.24. The van der Waals surface area contributed by atoms with Crippen molar-refractivity contribution < 1.29 is 22.6 Å². The van der Waals surface area contributed by atoms with Crippen LogP contribution in [-0.4, -0.2) is 22.9 Å². The summed E-state index contributed by atoms with van der Waals surface area (Å²) in [4.78, 5) is 8.11. The van der Waals surface area contributed by atoms with Crippen LogP contribution in [0.15, 0.2) is 67.0 Å². The van der Waals surface area contributed by atoms with Crippen LogP contribution < -0.4 is 9.47 Å². The maximum absolute atomic E-state index is 12.3. The number of halogens is 3. The van der Waals surface area contributed by atoms with Crippen LogP contribution in [-0.2, 0) is 6.42 Å². The van der Waals surface area contributed by atoms with Gasteiger partial charge in [-0.25, -0.2) is 9.97 Å². The first-order valence-electron chi connectivity index (χ1n) is 9.05. The molecule has 2 aromatic carbocycles. The molecule has 152 valence electrons. The molecule has 0 unspecified atom stereocenters. The van der Waals surface area contributed by atoms with E-state index >= 15 is 0 Å². The van der Waals surface area contributed by atoms with E-state index in [-0.39, 0.29) is 11.2 Å². The summed E-state index contributed by atoms with van der Waals surface area (Å²) in [6.07, 6.45) is -0.628. The van der Waals surface area contributed by atoms with Crippen LogP contribution in [0.5, 0.6) is 11.8 Å². The molecule has 0 saturated carbocycles. The molecule has 29 heavy (non-hydrogen) atoms. The average molecular weight is 402 g/mol. The quantitative estimate of drug-likeness (QED) is 0.509. The molecule has 0 aliphatic heterocycles. The maximum Gasteiger partial charge on any atom is 0.573 e. The molecule has 0 atom stereocenters. The lowest BCUT2D eigenvalue weighted by molar-refractivity contribution is -0.274. The summed E-state index contributed by atoms with van der Waals surface area (Å²) in [6.45, 7) is 4.67. The molecule has 0 aliphatic carbocycles. The number of aromatic nitrogens is 2. The number of ether oxygens (including phenoxy) is 2. The monoisotopic (exact) mass is 402 g/mol. The van der Waals surface area contributed by atoms with Crippen LogP contribution in [0.25, 0.3) is 11.1 Å². The Bertz CT molecular complexity index is 910. The Morgan fingerprint density at radius 3 is 1.93 bits per heavy atom. The molecule has 0 saturated heterocycles. The van der Waals surface area contributed by atoms with Gasteiger partial charge in [-0.3, -0.25) is 0 Å². The summed E-state index contributed by atoms with van der Waals surface area (Å²) in [5.41, 5.74) is 2.74. The zero-order valence-electron chi connectivity index (χ0n) is 16.1. The van der Waals surface area contributed by atoms with Gasteiger partial charge >= 0.3 is 12.4 Å². The van der Waals surface area contributed by atoms with Crippen molar-refractivity contribution in [3.05, 3.63) is 72.6 Å². The SMILES string of the molecule is CC(C)(COc1ncccn1)Cc1ccc(-c2ccc(OC(F)(F)F)cc2)cc1. The molecule has 0 N–H and O–H groups in total. The van der Waals surface area contributed by atoms with Gasteiger partial charge in [0.1, 0.15) is 5.75 Å². The van der Waals surface area contributed by atoms with Crippen molar-refractivity contribution >= 4 is 0 Å². The minimum absolute atomic E-state index is 0.128. The van der Waals surface area contributed by atoms with E-state index in [1.807, 2.05) is 24.3 Å². The molecule has 0 bridgehead atoms. The van der Waals surface area contributed by atoms with Gasteiger partial charge in [-0.15, -0.1) is 13.2 Å². The van der Waals surface area contributed by atoms with Crippen molar-refractivity contribution in [2.45, 2.75) is 26.6 Å². The molecule has 0 aliphatic rings. The Hall–Kier alpha value is -3.09. The van der Waals surface area contributed by atoms with E-state index in [0.717, 1.165) is 23.1 Å². The zero-order chi connectivity index (χ0) is 20.9. The highest BCUT2D eigenvalue weighted by Gasteiger charge is 2.31. The lowest BCUT2D eigenvalue weighted by Crippen LogP contribution is -2.24. The Morgan fingerprint density at radius 1 is 0.828 bits per heavy atom. The Kier molecular flexibility index (Phi) is 6.06. The normalized spacial score (nSPS) is 11.9. The molecule has 0 radical (unpaired) electrons. The summed E-state index contributed by atoms with van der Waals surface area (Å²) < 4.78 is 46.3. The summed E-state index contributed by atoms with van der Waals surface area (Å²) in [7, 11) is 0. The molecule has 4 nitrogen and oxygen atoms in total. The number of hydrogen-bond donors (Lipinski definition) is 0. The van der Waals surface area contributed by atoms with Crippen molar-refractivity contribution in [3.63, 3.8) is 0 Å². The van der Waals surface area contributed by atoms with E-state index in [1.54, 1.807) is 30.6 Å². The van der Waals surface area contributed by atoms with E-state index in [0.29, 0.717) is 12.6 Å². The van der Waals surface area contributed by atoms with E-state index < -0.39 is 6.36 Å². The van der Waals surface area contributed by atoms with Gasteiger partial charge in [0.25, 0.3) is 0 Å². The van der Waals surface area contributed by atoms with E-state index in [9.17, 15) is 13.2 Å². The van der Waals surface area contributed by atoms with Crippen LogP contribution >= 0.6 is 0 Å². The number of alkyl halides is 3. The minimum Gasteiger partial charge on any atom is -0.463 e. The fourth-order valence-corrected chi connectivity index (χ4v) is 2.89. The van der Waals surface area contributed by atoms with Gasteiger partial charge in [0.2, 0.25) is 0 Å². The third-order valence-corrected chi connectivity index (χ3v) is 4.19. The van der Waals surface area contributed by atoms with Gasteiger partial charge in [-0.1, -0.05) is 50.2 Å². The third kappa shape index (κ3) is 6.48. The second-order valence-corrected chi connectivity index (χ2v) is 7.43. The predicted octanol–water partition coefficient (Wildman–Crippen LogP) is 5.69. The molecular formula is C22H21F3N2O2. The second kappa shape index (κ2) is 8.51. The summed E-state index contributed by atoms with van der Waals surface area (Å²) >= 11 is 0. The Labute approximate surface area is 167 Å². The van der Waals surface area contributed by atoms with Gasteiger partial charge in [0.05, 0.1) is 6.61 Å². The topological polar surface area (TPSA) is 44.2 Å². The molecule has 3 aromatic rings. The molecular weight excluding hydrogens is 381 g/mol. The minimum atomic E-state index is -4.69. The van der Waals surface area contributed by atoms with Crippen molar-refractivity contribution in [1.29, 1.82) is 0 Å². The number of nitrogens with zero attached hydrogens (tertiary/aromatic N) is 2.